The number of rotatable bonds is 6. The summed E-state index contributed by atoms with van der Waals surface area (Å²) < 4.78 is 25.3. The van der Waals surface area contributed by atoms with Gasteiger partial charge in [-0.3, -0.25) is 4.90 Å². The maximum atomic E-state index is 6.47. The topological polar surface area (TPSA) is 83.2 Å². The van der Waals surface area contributed by atoms with Crippen LogP contribution in [0.1, 0.15) is 39.4 Å². The molecule has 0 saturated carbocycles. The normalized spacial score (nSPS) is 17.7. The fourth-order valence-electron chi connectivity index (χ4n) is 5.67. The van der Waals surface area contributed by atoms with Gasteiger partial charge in [0.2, 0.25) is 6.79 Å². The van der Waals surface area contributed by atoms with Crippen molar-refractivity contribution in [2.75, 3.05) is 20.4 Å². The zero-order valence-electron chi connectivity index (χ0n) is 21.0. The van der Waals surface area contributed by atoms with Crippen LogP contribution in [-0.4, -0.2) is 46.4 Å². The number of benzene rings is 3. The Hall–Kier alpha value is -4.37. The molecule has 9 heteroatoms. The molecule has 7 rings (SSSR count). The van der Waals surface area contributed by atoms with Crippen molar-refractivity contribution in [3.8, 4) is 23.0 Å². The lowest BCUT2D eigenvalue weighted by Gasteiger charge is -2.42. The quantitative estimate of drug-likeness (QED) is 0.362. The Morgan fingerprint density at radius 2 is 1.87 bits per heavy atom. The molecule has 3 aliphatic rings. The van der Waals surface area contributed by atoms with Crippen LogP contribution in [0.5, 0.6) is 23.0 Å². The Bertz CT molecular complexity index is 1500. The molecular weight excluding hydrogens is 482 g/mol. The second kappa shape index (κ2) is 9.50. The molecule has 4 heterocycles. The zero-order chi connectivity index (χ0) is 25.5. The maximum absolute atomic E-state index is 6.47. The molecule has 0 amide bonds. The van der Waals surface area contributed by atoms with Gasteiger partial charge in [0.1, 0.15) is 19.3 Å². The van der Waals surface area contributed by atoms with E-state index in [1.165, 1.54) is 16.7 Å². The van der Waals surface area contributed by atoms with Gasteiger partial charge in [-0.05, 0) is 53.3 Å². The van der Waals surface area contributed by atoms with E-state index in [0.717, 1.165) is 59.9 Å². The Kier molecular flexibility index (Phi) is 5.70. The van der Waals surface area contributed by atoms with E-state index in [2.05, 4.69) is 44.5 Å². The molecule has 0 aliphatic carbocycles. The SMILES string of the molecule is COc1cc(/C=N/n2cnnc2)c2c(c1OCc1ccccc1)CN1CCc3cc4c(cc3C1C2)OCO4. The van der Waals surface area contributed by atoms with E-state index in [1.807, 2.05) is 30.5 Å². The maximum Gasteiger partial charge on any atom is 0.231 e. The average Bonchev–Trinajstić information content (AvgIpc) is 3.65. The number of methoxy groups -OCH3 is 1. The Morgan fingerprint density at radius 1 is 1.05 bits per heavy atom. The van der Waals surface area contributed by atoms with Gasteiger partial charge in [0, 0.05) is 30.3 Å². The van der Waals surface area contributed by atoms with Gasteiger partial charge in [-0.25, -0.2) is 4.68 Å². The van der Waals surface area contributed by atoms with Crippen molar-refractivity contribution in [3.63, 3.8) is 0 Å². The number of ether oxygens (including phenoxy) is 4. The first kappa shape index (κ1) is 22.8. The fraction of sp³-hybridized carbons (Fsp3) is 0.276. The van der Waals surface area contributed by atoms with Crippen molar-refractivity contribution in [2.45, 2.75) is 32.0 Å². The van der Waals surface area contributed by atoms with Crippen molar-refractivity contribution < 1.29 is 18.9 Å². The van der Waals surface area contributed by atoms with E-state index < -0.39 is 0 Å². The molecule has 0 radical (unpaired) electrons. The molecule has 38 heavy (non-hydrogen) atoms. The predicted molar refractivity (Wildman–Crippen MR) is 140 cm³/mol. The lowest BCUT2D eigenvalue weighted by atomic mass is 9.82. The first-order chi connectivity index (χ1) is 18.8. The molecule has 1 atom stereocenters. The summed E-state index contributed by atoms with van der Waals surface area (Å²) in [6.07, 6.45) is 6.77. The standard InChI is InChI=1S/C29H27N5O4/c1-35-28-10-21(13-32-34-16-30-31-17-34)22-11-25-23-12-27-26(37-18-38-27)9-20(23)7-8-33(25)14-24(22)29(28)36-15-19-5-3-2-4-6-19/h2-6,9-10,12-13,16-17,25H,7-8,11,14-15,18H2,1H3/b32-13+. The number of hydrogen-bond acceptors (Lipinski definition) is 8. The third kappa shape index (κ3) is 4.05. The molecule has 1 aromatic heterocycles. The zero-order valence-corrected chi connectivity index (χ0v) is 21.0. The van der Waals surface area contributed by atoms with Gasteiger partial charge in [-0.1, -0.05) is 30.3 Å². The number of fused-ring (bicyclic) bond motifs is 5. The molecule has 3 aliphatic heterocycles. The summed E-state index contributed by atoms with van der Waals surface area (Å²) in [5.74, 6) is 3.16. The number of nitrogens with zero attached hydrogens (tertiary/aromatic N) is 5. The minimum atomic E-state index is 0.221. The van der Waals surface area contributed by atoms with Crippen molar-refractivity contribution in [2.24, 2.45) is 5.10 Å². The van der Waals surface area contributed by atoms with Crippen molar-refractivity contribution in [1.82, 2.24) is 19.8 Å². The van der Waals surface area contributed by atoms with E-state index in [-0.39, 0.29) is 12.8 Å². The van der Waals surface area contributed by atoms with E-state index in [0.29, 0.717) is 12.4 Å². The molecule has 0 bridgehead atoms. The fourth-order valence-corrected chi connectivity index (χ4v) is 5.67. The summed E-state index contributed by atoms with van der Waals surface area (Å²) in [4.78, 5) is 2.53. The molecule has 0 N–H and O–H groups in total. The summed E-state index contributed by atoms with van der Waals surface area (Å²) in [6.45, 7) is 2.45. The Balaban J connectivity index is 1.31. The van der Waals surface area contributed by atoms with Gasteiger partial charge in [0.25, 0.3) is 0 Å². The van der Waals surface area contributed by atoms with E-state index in [4.69, 9.17) is 18.9 Å². The molecular formula is C29H27N5O4. The van der Waals surface area contributed by atoms with Crippen LogP contribution in [-0.2, 0) is 26.0 Å². The van der Waals surface area contributed by atoms with Gasteiger partial charge in [-0.15, -0.1) is 10.2 Å². The molecule has 1 unspecified atom stereocenters. The summed E-state index contributed by atoms with van der Waals surface area (Å²) in [5, 5.41) is 12.3. The summed E-state index contributed by atoms with van der Waals surface area (Å²) in [7, 11) is 1.68. The highest BCUT2D eigenvalue weighted by molar-refractivity contribution is 5.84. The Morgan fingerprint density at radius 3 is 2.68 bits per heavy atom. The molecule has 0 fully saturated rings. The van der Waals surface area contributed by atoms with Crippen LogP contribution in [0.25, 0.3) is 0 Å². The smallest absolute Gasteiger partial charge is 0.231 e. The largest absolute Gasteiger partial charge is 0.493 e. The average molecular weight is 510 g/mol. The lowest BCUT2D eigenvalue weighted by Crippen LogP contribution is -2.40. The van der Waals surface area contributed by atoms with Crippen LogP contribution in [0.4, 0.5) is 0 Å². The molecule has 4 aromatic rings. The monoisotopic (exact) mass is 509 g/mol. The number of hydrogen-bond donors (Lipinski definition) is 0. The molecule has 9 nitrogen and oxygen atoms in total. The summed E-state index contributed by atoms with van der Waals surface area (Å²) >= 11 is 0. The van der Waals surface area contributed by atoms with Crippen molar-refractivity contribution in [1.29, 1.82) is 0 Å². The van der Waals surface area contributed by atoms with Gasteiger partial charge in [0.15, 0.2) is 23.0 Å². The van der Waals surface area contributed by atoms with Crippen LogP contribution >= 0.6 is 0 Å². The van der Waals surface area contributed by atoms with Crippen LogP contribution in [0.2, 0.25) is 0 Å². The third-order valence-corrected chi connectivity index (χ3v) is 7.54. The van der Waals surface area contributed by atoms with Crippen LogP contribution in [0.3, 0.4) is 0 Å². The first-order valence-electron chi connectivity index (χ1n) is 12.7. The first-order valence-corrected chi connectivity index (χ1v) is 12.7. The van der Waals surface area contributed by atoms with E-state index in [1.54, 1.807) is 24.4 Å². The highest BCUT2D eigenvalue weighted by atomic mass is 16.7. The van der Waals surface area contributed by atoms with Crippen LogP contribution < -0.4 is 18.9 Å². The van der Waals surface area contributed by atoms with Crippen molar-refractivity contribution >= 4 is 6.21 Å². The highest BCUT2D eigenvalue weighted by Gasteiger charge is 2.37. The second-order valence-electron chi connectivity index (χ2n) is 9.66. The Labute approximate surface area is 220 Å². The van der Waals surface area contributed by atoms with E-state index in [9.17, 15) is 0 Å². The number of aromatic nitrogens is 3. The van der Waals surface area contributed by atoms with Gasteiger partial charge >= 0.3 is 0 Å². The minimum Gasteiger partial charge on any atom is -0.493 e. The molecule has 0 spiro atoms. The van der Waals surface area contributed by atoms with Crippen LogP contribution in [0, 0.1) is 0 Å². The van der Waals surface area contributed by atoms with E-state index >= 15 is 0 Å². The highest BCUT2D eigenvalue weighted by Crippen LogP contribution is 2.47. The lowest BCUT2D eigenvalue weighted by molar-refractivity contribution is 0.155. The van der Waals surface area contributed by atoms with Gasteiger partial charge < -0.3 is 18.9 Å². The third-order valence-electron chi connectivity index (χ3n) is 7.54. The summed E-state index contributed by atoms with van der Waals surface area (Å²) in [6, 6.07) is 16.8. The minimum absolute atomic E-state index is 0.221. The van der Waals surface area contributed by atoms with Gasteiger partial charge in [-0.2, -0.15) is 5.10 Å². The summed E-state index contributed by atoms with van der Waals surface area (Å²) in [5.41, 5.74) is 7.08. The van der Waals surface area contributed by atoms with Gasteiger partial charge in [0.05, 0.1) is 13.3 Å². The molecule has 3 aromatic carbocycles. The second-order valence-corrected chi connectivity index (χ2v) is 9.66. The predicted octanol–water partition coefficient (Wildman–Crippen LogP) is 4.13. The molecule has 0 saturated heterocycles. The molecule has 192 valence electrons. The van der Waals surface area contributed by atoms with Crippen LogP contribution in [0.15, 0.2) is 66.3 Å². The van der Waals surface area contributed by atoms with Crippen molar-refractivity contribution in [3.05, 3.63) is 94.6 Å².